The molecule has 0 aliphatic heterocycles. The van der Waals surface area contributed by atoms with Crippen LogP contribution < -0.4 is 5.19 Å². The maximum absolute atomic E-state index is 8.90. The van der Waals surface area contributed by atoms with Crippen molar-refractivity contribution in [3.8, 4) is 22.5 Å². The van der Waals surface area contributed by atoms with Crippen molar-refractivity contribution in [1.29, 1.82) is 0 Å². The van der Waals surface area contributed by atoms with Crippen LogP contribution in [0.5, 0.6) is 0 Å². The minimum atomic E-state index is -2.24. The van der Waals surface area contributed by atoms with Gasteiger partial charge < -0.3 is 14.4 Å². The third-order valence-electron chi connectivity index (χ3n) is 8.23. The molecule has 1 aliphatic rings. The van der Waals surface area contributed by atoms with Crippen molar-refractivity contribution < 1.29 is 34.1 Å². The molecule has 6 heteroatoms. The van der Waals surface area contributed by atoms with Gasteiger partial charge in [0.1, 0.15) is 0 Å². The zero-order chi connectivity index (χ0) is 39.3. The maximum Gasteiger partial charge on any atom is 0.216 e. The van der Waals surface area contributed by atoms with E-state index in [1.807, 2.05) is 69.4 Å². The molecule has 6 aromatic rings. The topological polar surface area (TPSA) is 51.8 Å². The van der Waals surface area contributed by atoms with Crippen molar-refractivity contribution in [1.82, 2.24) is 15.0 Å². The molecule has 1 radical (unpaired) electrons. The summed E-state index contributed by atoms with van der Waals surface area (Å²) >= 11 is 0. The molecule has 48 heavy (non-hydrogen) atoms. The largest absolute Gasteiger partial charge is 0.486 e. The average Bonchev–Trinajstić information content (AvgIpc) is 3.80. The predicted molar refractivity (Wildman–Crippen MR) is 199 cm³/mol. The molecule has 0 spiro atoms. The number of pyridine rings is 3. The second-order valence-corrected chi connectivity index (χ2v) is 19.4. The molecule has 0 unspecified atom stereocenters. The van der Waals surface area contributed by atoms with Crippen LogP contribution in [0.1, 0.15) is 72.9 Å². The fourth-order valence-corrected chi connectivity index (χ4v) is 7.40. The van der Waals surface area contributed by atoms with Crippen molar-refractivity contribution in [2.45, 2.75) is 85.7 Å². The number of furan rings is 1. The summed E-state index contributed by atoms with van der Waals surface area (Å²) in [7, 11) is -1.68. The Balaban J connectivity index is 0.000000212. The summed E-state index contributed by atoms with van der Waals surface area (Å²) in [6, 6.07) is 26.2. The molecule has 1 saturated carbocycles. The van der Waals surface area contributed by atoms with Crippen LogP contribution in [0, 0.1) is 30.3 Å². The van der Waals surface area contributed by atoms with Crippen LogP contribution in [0.25, 0.3) is 44.6 Å². The van der Waals surface area contributed by atoms with Gasteiger partial charge in [0.05, 0.1) is 13.7 Å². The van der Waals surface area contributed by atoms with Crippen LogP contribution in [0.4, 0.5) is 0 Å². The fraction of sp³-hybridized carbons (Fsp3) is 0.357. The number of rotatable bonds is 6. The van der Waals surface area contributed by atoms with Gasteiger partial charge in [0.25, 0.3) is 0 Å². The molecule has 251 valence electrons. The van der Waals surface area contributed by atoms with Gasteiger partial charge in [0.2, 0.25) is 5.71 Å². The minimum Gasteiger partial charge on any atom is -0.486 e. The standard InChI is InChI=1S/C22H21N2O.C20H26NSi.Ir/c1-14-10-11-23-19(12-14)18-7-5-6-16-17-9-8-15(13-22(2,3)4)24-21(17)25-20(16)18;1-22(2,3)20-15-21-19(17-11-5-4-6-12-17)14-18(20)13-16-9-7-8-10-16;/h5-6,8-12H,13H2,1-4H3;4-6,11,14-16H,7-10,13H2,1-3H3;/q2*-1;/i1D3,13D2;13D2;. The number of benzene rings is 2. The summed E-state index contributed by atoms with van der Waals surface area (Å²) in [5, 5.41) is 2.69. The van der Waals surface area contributed by atoms with Crippen molar-refractivity contribution in [2.75, 3.05) is 0 Å². The van der Waals surface area contributed by atoms with Crippen molar-refractivity contribution >= 4 is 35.3 Å². The first-order chi connectivity index (χ1) is 25.2. The molecule has 0 amide bonds. The van der Waals surface area contributed by atoms with Gasteiger partial charge in [0, 0.05) is 53.2 Å². The van der Waals surface area contributed by atoms with Gasteiger partial charge in [-0.15, -0.1) is 54.1 Å². The Morgan fingerprint density at radius 2 is 1.75 bits per heavy atom. The molecular weight excluding hydrogens is 783 g/mol. The number of hydrogen-bond donors (Lipinski definition) is 0. The molecular formula is C42H47IrN3OSi-2. The van der Waals surface area contributed by atoms with Gasteiger partial charge in [0.15, 0.2) is 0 Å². The molecule has 0 bridgehead atoms. The second-order valence-electron chi connectivity index (χ2n) is 14.3. The number of fused-ring (bicyclic) bond motifs is 3. The van der Waals surface area contributed by atoms with Gasteiger partial charge in [-0.1, -0.05) is 100 Å². The van der Waals surface area contributed by atoms with Crippen LogP contribution >= 0.6 is 0 Å². The Morgan fingerprint density at radius 3 is 2.46 bits per heavy atom. The zero-order valence-electron chi connectivity index (χ0n) is 35.5. The van der Waals surface area contributed by atoms with Gasteiger partial charge in [-0.2, -0.15) is 0 Å². The summed E-state index contributed by atoms with van der Waals surface area (Å²) < 4.78 is 63.7. The molecule has 0 saturated heterocycles. The quantitative estimate of drug-likeness (QED) is 0.124. The average molecular weight is 837 g/mol. The zero-order valence-corrected chi connectivity index (χ0v) is 31.9. The van der Waals surface area contributed by atoms with Gasteiger partial charge in [-0.05, 0) is 65.7 Å². The van der Waals surface area contributed by atoms with E-state index in [1.165, 1.54) is 18.3 Å². The smallest absolute Gasteiger partial charge is 0.216 e. The van der Waals surface area contributed by atoms with E-state index in [9.17, 15) is 0 Å². The van der Waals surface area contributed by atoms with Gasteiger partial charge in [-0.3, -0.25) is 0 Å². The van der Waals surface area contributed by atoms with E-state index in [2.05, 4.69) is 46.7 Å². The van der Waals surface area contributed by atoms with Crippen LogP contribution in [0.3, 0.4) is 0 Å². The number of nitrogens with zero attached hydrogens (tertiary/aromatic N) is 3. The normalized spacial score (nSPS) is 16.8. The first kappa shape index (κ1) is 27.4. The molecule has 1 fully saturated rings. The van der Waals surface area contributed by atoms with E-state index in [0.717, 1.165) is 58.5 Å². The van der Waals surface area contributed by atoms with Gasteiger partial charge in [-0.25, -0.2) is 4.98 Å². The summed E-state index contributed by atoms with van der Waals surface area (Å²) in [5.74, 6) is 0.127. The SMILES string of the molecule is [2H]C([2H])([2H])c1ccnc(-c2[c-]ccc3c2oc2nc(C([2H])([2H])C(C)(C)C)ccc23)c1.[2H]C([2H])(c1cc(-c2[c-]cccc2)ncc1[Si](C)(C)C)C1CCCC1.[Ir]. The molecule has 2 aromatic carbocycles. The number of aryl methyl sites for hydroxylation is 1. The monoisotopic (exact) mass is 837 g/mol. The molecule has 4 heterocycles. The van der Waals surface area contributed by atoms with Crippen molar-refractivity contribution in [3.63, 3.8) is 0 Å². The molecule has 1 aliphatic carbocycles. The third-order valence-corrected chi connectivity index (χ3v) is 10.2. The van der Waals surface area contributed by atoms with Crippen LogP contribution in [-0.4, -0.2) is 23.0 Å². The van der Waals surface area contributed by atoms with Crippen LogP contribution in [0.15, 0.2) is 83.5 Å². The van der Waals surface area contributed by atoms with E-state index >= 15 is 0 Å². The first-order valence-corrected chi connectivity index (χ1v) is 19.9. The Hall–Kier alpha value is -3.44. The molecule has 4 aromatic heterocycles. The Bertz CT molecular complexity index is 2270. The molecule has 4 nitrogen and oxygen atoms in total. The third kappa shape index (κ3) is 8.58. The Morgan fingerprint density at radius 1 is 0.938 bits per heavy atom. The molecule has 0 N–H and O–H groups in total. The first-order valence-electron chi connectivity index (χ1n) is 19.9. The number of hydrogen-bond acceptors (Lipinski definition) is 4. The number of aromatic nitrogens is 3. The molecule has 7 rings (SSSR count). The summed E-state index contributed by atoms with van der Waals surface area (Å²) in [6.45, 7) is 10.1. The predicted octanol–water partition coefficient (Wildman–Crippen LogP) is 10.6. The van der Waals surface area contributed by atoms with E-state index in [4.69, 9.17) is 14.0 Å². The summed E-state index contributed by atoms with van der Waals surface area (Å²) in [6.07, 6.45) is 4.75. The van der Waals surface area contributed by atoms with Crippen molar-refractivity contribution in [2.24, 2.45) is 11.3 Å². The fourth-order valence-electron chi connectivity index (χ4n) is 6.00. The maximum atomic E-state index is 8.90. The molecule has 0 atom stereocenters. The van der Waals surface area contributed by atoms with Crippen molar-refractivity contribution in [3.05, 3.63) is 108 Å². The van der Waals surface area contributed by atoms with Gasteiger partial charge >= 0.3 is 0 Å². The minimum absolute atomic E-state index is 0. The second kappa shape index (κ2) is 15.0. The van der Waals surface area contributed by atoms with Crippen LogP contribution in [-0.2, 0) is 32.9 Å². The van der Waals surface area contributed by atoms with Crippen LogP contribution in [0.2, 0.25) is 19.6 Å². The van der Waals surface area contributed by atoms with E-state index in [1.54, 1.807) is 12.1 Å². The van der Waals surface area contributed by atoms with E-state index < -0.39 is 33.1 Å². The Kier molecular flexibility index (Phi) is 8.55. The summed E-state index contributed by atoms with van der Waals surface area (Å²) in [5.41, 5.74) is 4.27. The van der Waals surface area contributed by atoms with E-state index in [0.29, 0.717) is 28.2 Å². The van der Waals surface area contributed by atoms with E-state index in [-0.39, 0.29) is 31.6 Å². The summed E-state index contributed by atoms with van der Waals surface area (Å²) in [4.78, 5) is 13.4. The Labute approximate surface area is 311 Å².